The Morgan fingerprint density at radius 3 is 2.74 bits per heavy atom. The summed E-state index contributed by atoms with van der Waals surface area (Å²) in [6.45, 7) is 0.00922. The highest BCUT2D eigenvalue weighted by molar-refractivity contribution is 7.12. The van der Waals surface area contributed by atoms with Crippen LogP contribution in [0, 0.1) is 11.3 Å². The van der Waals surface area contributed by atoms with Crippen LogP contribution in [0.15, 0.2) is 60.0 Å². The predicted octanol–water partition coefficient (Wildman–Crippen LogP) is 4.88. The second-order valence-corrected chi connectivity index (χ2v) is 6.89. The quantitative estimate of drug-likeness (QED) is 0.623. The number of halogens is 1. The molecule has 0 spiro atoms. The normalized spacial score (nSPS) is 10.1. The molecule has 134 valence electrons. The van der Waals surface area contributed by atoms with Gasteiger partial charge in [0.15, 0.2) is 0 Å². The van der Waals surface area contributed by atoms with Gasteiger partial charge < -0.3 is 10.1 Å². The van der Waals surface area contributed by atoms with E-state index >= 15 is 0 Å². The minimum Gasteiger partial charge on any atom is -0.457 e. The topological polar surface area (TPSA) is 79.2 Å². The molecule has 0 radical (unpaired) electrons. The van der Waals surface area contributed by atoms with Crippen LogP contribution in [0.5, 0.6) is 0 Å². The smallest absolute Gasteiger partial charge is 0.340 e. The van der Waals surface area contributed by atoms with Crippen LogP contribution in [0.1, 0.15) is 31.2 Å². The molecule has 0 atom stereocenters. The first-order valence-electron chi connectivity index (χ1n) is 7.87. The first kappa shape index (κ1) is 18.6. The molecule has 0 aliphatic carbocycles. The number of rotatable bonds is 5. The lowest BCUT2D eigenvalue weighted by atomic mass is 10.1. The molecule has 7 heteroatoms. The van der Waals surface area contributed by atoms with Gasteiger partial charge in [-0.25, -0.2) is 4.79 Å². The largest absolute Gasteiger partial charge is 0.457 e. The number of nitriles is 1. The maximum Gasteiger partial charge on any atom is 0.340 e. The Labute approximate surface area is 164 Å². The highest BCUT2D eigenvalue weighted by Gasteiger charge is 2.17. The summed E-state index contributed by atoms with van der Waals surface area (Å²) in [7, 11) is 0. The molecule has 1 heterocycles. The minimum absolute atomic E-state index is 0.00922. The summed E-state index contributed by atoms with van der Waals surface area (Å²) in [5.74, 6) is -0.932. The van der Waals surface area contributed by atoms with Crippen LogP contribution in [0.25, 0.3) is 0 Å². The van der Waals surface area contributed by atoms with Gasteiger partial charge in [-0.3, -0.25) is 4.79 Å². The summed E-state index contributed by atoms with van der Waals surface area (Å²) >= 11 is 7.30. The Morgan fingerprint density at radius 2 is 2.00 bits per heavy atom. The van der Waals surface area contributed by atoms with Crippen molar-refractivity contribution in [3.05, 3.63) is 86.6 Å². The zero-order chi connectivity index (χ0) is 19.2. The molecule has 3 rings (SSSR count). The molecule has 5 nitrogen and oxygen atoms in total. The fourth-order valence-corrected chi connectivity index (χ4v) is 3.14. The maximum absolute atomic E-state index is 12.5. The summed E-state index contributed by atoms with van der Waals surface area (Å²) < 4.78 is 5.33. The Bertz CT molecular complexity index is 1030. The van der Waals surface area contributed by atoms with E-state index in [-0.39, 0.29) is 23.8 Å². The number of ether oxygens (including phenoxy) is 1. The average Bonchev–Trinajstić information content (AvgIpc) is 3.21. The van der Waals surface area contributed by atoms with Crippen LogP contribution < -0.4 is 5.32 Å². The number of amides is 1. The molecular weight excluding hydrogens is 384 g/mol. The van der Waals surface area contributed by atoms with Crippen LogP contribution in [-0.2, 0) is 11.3 Å². The number of hydrogen-bond acceptors (Lipinski definition) is 5. The molecule has 1 N–H and O–H groups in total. The summed E-state index contributed by atoms with van der Waals surface area (Å²) in [5.41, 5.74) is 1.65. The number of benzene rings is 2. The van der Waals surface area contributed by atoms with Gasteiger partial charge in [0.25, 0.3) is 5.91 Å². The minimum atomic E-state index is -0.601. The van der Waals surface area contributed by atoms with E-state index in [0.717, 1.165) is 0 Å². The SMILES string of the molecule is N#Cc1cccc(COC(=O)c2ccc(Cl)cc2NC(=O)c2cccs2)c1. The Kier molecular flexibility index (Phi) is 5.87. The van der Waals surface area contributed by atoms with Gasteiger partial charge in [0, 0.05) is 5.02 Å². The van der Waals surface area contributed by atoms with Crippen LogP contribution in [0.2, 0.25) is 5.02 Å². The van der Waals surface area contributed by atoms with Gasteiger partial charge in [-0.05, 0) is 47.3 Å². The lowest BCUT2D eigenvalue weighted by Crippen LogP contribution is -2.15. The molecule has 2 aromatic carbocycles. The molecule has 0 saturated carbocycles. The lowest BCUT2D eigenvalue weighted by Gasteiger charge is -2.11. The number of hydrogen-bond donors (Lipinski definition) is 1. The van der Waals surface area contributed by atoms with E-state index in [2.05, 4.69) is 5.32 Å². The van der Waals surface area contributed by atoms with Crippen LogP contribution in [0.4, 0.5) is 5.69 Å². The average molecular weight is 397 g/mol. The van der Waals surface area contributed by atoms with Gasteiger partial charge in [0.2, 0.25) is 0 Å². The number of nitrogens with one attached hydrogen (secondary N) is 1. The fraction of sp³-hybridized carbons (Fsp3) is 0.0500. The van der Waals surface area contributed by atoms with Crippen molar-refractivity contribution in [3.63, 3.8) is 0 Å². The maximum atomic E-state index is 12.5. The molecule has 0 saturated heterocycles. The summed E-state index contributed by atoms with van der Waals surface area (Å²) in [6.07, 6.45) is 0. The van der Waals surface area contributed by atoms with E-state index < -0.39 is 5.97 Å². The summed E-state index contributed by atoms with van der Waals surface area (Å²) in [6, 6.07) is 16.8. The highest BCUT2D eigenvalue weighted by Crippen LogP contribution is 2.24. The second-order valence-electron chi connectivity index (χ2n) is 5.51. The third kappa shape index (κ3) is 4.73. The zero-order valence-electron chi connectivity index (χ0n) is 13.9. The van der Waals surface area contributed by atoms with E-state index in [4.69, 9.17) is 21.6 Å². The van der Waals surface area contributed by atoms with Crippen LogP contribution >= 0.6 is 22.9 Å². The summed E-state index contributed by atoms with van der Waals surface area (Å²) in [4.78, 5) is 25.3. The van der Waals surface area contributed by atoms with Crippen LogP contribution in [0.3, 0.4) is 0 Å². The predicted molar refractivity (Wildman–Crippen MR) is 104 cm³/mol. The second kappa shape index (κ2) is 8.49. The van der Waals surface area contributed by atoms with Crippen molar-refractivity contribution in [2.24, 2.45) is 0 Å². The molecule has 0 unspecified atom stereocenters. The van der Waals surface area contributed by atoms with Gasteiger partial charge in [-0.15, -0.1) is 11.3 Å². The molecule has 0 fully saturated rings. The Morgan fingerprint density at radius 1 is 1.15 bits per heavy atom. The van der Waals surface area contributed by atoms with Crippen molar-refractivity contribution in [2.75, 3.05) is 5.32 Å². The molecule has 0 aliphatic rings. The number of nitrogens with zero attached hydrogens (tertiary/aromatic N) is 1. The van der Waals surface area contributed by atoms with Gasteiger partial charge in [0.1, 0.15) is 6.61 Å². The van der Waals surface area contributed by atoms with Crippen molar-refractivity contribution in [1.29, 1.82) is 5.26 Å². The highest BCUT2D eigenvalue weighted by atomic mass is 35.5. The van der Waals surface area contributed by atoms with E-state index in [9.17, 15) is 9.59 Å². The van der Waals surface area contributed by atoms with E-state index in [1.807, 2.05) is 6.07 Å². The zero-order valence-corrected chi connectivity index (χ0v) is 15.5. The molecule has 1 amide bonds. The van der Waals surface area contributed by atoms with Crippen molar-refractivity contribution in [1.82, 2.24) is 0 Å². The Balaban J connectivity index is 1.76. The third-order valence-corrected chi connectivity index (χ3v) is 4.72. The molecule has 1 aromatic heterocycles. The van der Waals surface area contributed by atoms with Gasteiger partial charge in [-0.2, -0.15) is 5.26 Å². The first-order chi connectivity index (χ1) is 13.1. The number of carbonyl (C=O) groups is 2. The van der Waals surface area contributed by atoms with Gasteiger partial charge in [0.05, 0.1) is 27.8 Å². The van der Waals surface area contributed by atoms with E-state index in [1.54, 1.807) is 47.8 Å². The Hall–Kier alpha value is -3.14. The number of thiophene rings is 1. The standard InChI is InChI=1S/C20H13ClN2O3S/c21-15-6-7-16(17(10-15)23-19(24)18-5-2-8-27-18)20(25)26-12-14-4-1-3-13(9-14)11-22/h1-10H,12H2,(H,23,24). The lowest BCUT2D eigenvalue weighted by molar-refractivity contribution is 0.0474. The number of carbonyl (C=O) groups excluding carboxylic acids is 2. The third-order valence-electron chi connectivity index (χ3n) is 3.62. The van der Waals surface area contributed by atoms with Crippen LogP contribution in [-0.4, -0.2) is 11.9 Å². The number of esters is 1. The summed E-state index contributed by atoms with van der Waals surface area (Å²) in [5, 5.41) is 13.8. The van der Waals surface area contributed by atoms with Crippen molar-refractivity contribution in [3.8, 4) is 6.07 Å². The van der Waals surface area contributed by atoms with Gasteiger partial charge >= 0.3 is 5.97 Å². The fourth-order valence-electron chi connectivity index (χ4n) is 2.35. The van der Waals surface area contributed by atoms with E-state index in [0.29, 0.717) is 21.0 Å². The molecule has 3 aromatic rings. The van der Waals surface area contributed by atoms with Crippen molar-refractivity contribution < 1.29 is 14.3 Å². The molecule has 0 bridgehead atoms. The van der Waals surface area contributed by atoms with Crippen molar-refractivity contribution >= 4 is 40.5 Å². The molecular formula is C20H13ClN2O3S. The molecule has 0 aliphatic heterocycles. The van der Waals surface area contributed by atoms with E-state index in [1.165, 1.54) is 23.5 Å². The van der Waals surface area contributed by atoms with Crippen molar-refractivity contribution in [2.45, 2.75) is 6.61 Å². The number of anilines is 1. The molecule has 27 heavy (non-hydrogen) atoms. The first-order valence-corrected chi connectivity index (χ1v) is 9.13. The van der Waals surface area contributed by atoms with Gasteiger partial charge in [-0.1, -0.05) is 29.8 Å². The monoisotopic (exact) mass is 396 g/mol.